The summed E-state index contributed by atoms with van der Waals surface area (Å²) in [5, 5.41) is 2.58. The SMILES string of the molecule is COc1ccc(S(=O)(=O)N[C@@H](C)CCc2ccccc2)cc1NC(C)=O. The van der Waals surface area contributed by atoms with Gasteiger partial charge in [-0.1, -0.05) is 30.3 Å². The summed E-state index contributed by atoms with van der Waals surface area (Å²) in [5.41, 5.74) is 1.48. The molecular formula is C19H24N2O4S. The normalized spacial score (nSPS) is 12.4. The molecule has 0 saturated carbocycles. The Morgan fingerprint density at radius 1 is 1.15 bits per heavy atom. The van der Waals surface area contributed by atoms with E-state index in [1.807, 2.05) is 37.3 Å². The van der Waals surface area contributed by atoms with Crippen molar-refractivity contribution in [2.75, 3.05) is 12.4 Å². The molecule has 0 aromatic heterocycles. The number of hydrogen-bond acceptors (Lipinski definition) is 4. The Bertz CT molecular complexity index is 851. The summed E-state index contributed by atoms with van der Waals surface area (Å²) < 4.78 is 33.1. The number of amides is 1. The van der Waals surface area contributed by atoms with Gasteiger partial charge in [-0.15, -0.1) is 0 Å². The minimum atomic E-state index is -3.70. The van der Waals surface area contributed by atoms with Gasteiger partial charge in [-0.05, 0) is 43.5 Å². The van der Waals surface area contributed by atoms with Gasteiger partial charge in [-0.3, -0.25) is 4.79 Å². The second kappa shape index (κ2) is 8.82. The van der Waals surface area contributed by atoms with E-state index in [1.165, 1.54) is 32.2 Å². The van der Waals surface area contributed by atoms with Gasteiger partial charge in [0.25, 0.3) is 0 Å². The quantitative estimate of drug-likeness (QED) is 0.742. The molecule has 0 saturated heterocycles. The highest BCUT2D eigenvalue weighted by Crippen LogP contribution is 2.27. The number of aryl methyl sites for hydroxylation is 1. The first-order valence-electron chi connectivity index (χ1n) is 8.33. The molecule has 0 aliphatic rings. The molecule has 0 aliphatic carbocycles. The van der Waals surface area contributed by atoms with Crippen LogP contribution in [0.4, 0.5) is 5.69 Å². The number of hydrogen-bond donors (Lipinski definition) is 2. The molecule has 1 amide bonds. The van der Waals surface area contributed by atoms with Crippen LogP contribution in [-0.4, -0.2) is 27.5 Å². The highest BCUT2D eigenvalue weighted by atomic mass is 32.2. The van der Waals surface area contributed by atoms with Gasteiger partial charge in [-0.25, -0.2) is 13.1 Å². The Kier molecular flexibility index (Phi) is 6.76. The molecule has 0 fully saturated rings. The Hall–Kier alpha value is -2.38. The average Bonchev–Trinajstić information content (AvgIpc) is 2.60. The maximum atomic E-state index is 12.6. The number of anilines is 1. The average molecular weight is 376 g/mol. The fraction of sp³-hybridized carbons (Fsp3) is 0.316. The van der Waals surface area contributed by atoms with Crippen LogP contribution in [0.25, 0.3) is 0 Å². The number of nitrogens with one attached hydrogen (secondary N) is 2. The Morgan fingerprint density at radius 2 is 1.85 bits per heavy atom. The first-order chi connectivity index (χ1) is 12.3. The molecule has 7 heteroatoms. The van der Waals surface area contributed by atoms with E-state index < -0.39 is 10.0 Å². The lowest BCUT2D eigenvalue weighted by atomic mass is 10.1. The Balaban J connectivity index is 2.09. The van der Waals surface area contributed by atoms with Crippen LogP contribution in [0.1, 0.15) is 25.8 Å². The summed E-state index contributed by atoms with van der Waals surface area (Å²) in [6.07, 6.45) is 1.46. The first kappa shape index (κ1) is 19.9. The molecule has 1 atom stereocenters. The van der Waals surface area contributed by atoms with Crippen LogP contribution in [0, 0.1) is 0 Å². The van der Waals surface area contributed by atoms with Crippen LogP contribution < -0.4 is 14.8 Å². The van der Waals surface area contributed by atoms with Gasteiger partial charge in [0.2, 0.25) is 15.9 Å². The van der Waals surface area contributed by atoms with Gasteiger partial charge in [0.05, 0.1) is 17.7 Å². The third-order valence-corrected chi connectivity index (χ3v) is 5.44. The van der Waals surface area contributed by atoms with Crippen LogP contribution in [0.5, 0.6) is 5.75 Å². The second-order valence-electron chi connectivity index (χ2n) is 6.09. The molecule has 140 valence electrons. The number of sulfonamides is 1. The zero-order valence-corrected chi connectivity index (χ0v) is 16.0. The molecule has 0 aliphatic heterocycles. The predicted molar refractivity (Wildman–Crippen MR) is 102 cm³/mol. The largest absolute Gasteiger partial charge is 0.495 e. The van der Waals surface area contributed by atoms with Gasteiger partial charge in [0.15, 0.2) is 0 Å². The Morgan fingerprint density at radius 3 is 2.46 bits per heavy atom. The molecule has 6 nitrogen and oxygen atoms in total. The fourth-order valence-electron chi connectivity index (χ4n) is 2.56. The van der Waals surface area contributed by atoms with Crippen molar-refractivity contribution in [2.24, 2.45) is 0 Å². The zero-order valence-electron chi connectivity index (χ0n) is 15.2. The number of rotatable bonds is 8. The van der Waals surface area contributed by atoms with Crippen LogP contribution in [0.2, 0.25) is 0 Å². The maximum Gasteiger partial charge on any atom is 0.240 e. The minimum Gasteiger partial charge on any atom is -0.495 e. The van der Waals surface area contributed by atoms with E-state index in [0.717, 1.165) is 12.0 Å². The molecule has 0 spiro atoms. The lowest BCUT2D eigenvalue weighted by molar-refractivity contribution is -0.114. The Labute approximate surface area is 154 Å². The van der Waals surface area contributed by atoms with E-state index >= 15 is 0 Å². The third kappa shape index (κ3) is 5.57. The summed E-state index contributed by atoms with van der Waals surface area (Å²) in [5.74, 6) is 0.0957. The summed E-state index contributed by atoms with van der Waals surface area (Å²) in [4.78, 5) is 11.4. The van der Waals surface area contributed by atoms with Gasteiger partial charge >= 0.3 is 0 Å². The van der Waals surface area contributed by atoms with Gasteiger partial charge in [0.1, 0.15) is 5.75 Å². The van der Waals surface area contributed by atoms with Crippen LogP contribution in [0.3, 0.4) is 0 Å². The molecule has 2 aromatic carbocycles. The van der Waals surface area contributed by atoms with E-state index in [2.05, 4.69) is 10.0 Å². The first-order valence-corrected chi connectivity index (χ1v) is 9.82. The van der Waals surface area contributed by atoms with E-state index in [1.54, 1.807) is 0 Å². The van der Waals surface area contributed by atoms with E-state index in [0.29, 0.717) is 17.9 Å². The van der Waals surface area contributed by atoms with Crippen molar-refractivity contribution in [3.8, 4) is 5.75 Å². The number of carbonyl (C=O) groups is 1. The topological polar surface area (TPSA) is 84.5 Å². The molecular weight excluding hydrogens is 352 g/mol. The molecule has 2 rings (SSSR count). The minimum absolute atomic E-state index is 0.0774. The summed E-state index contributed by atoms with van der Waals surface area (Å²) in [6, 6.07) is 14.1. The van der Waals surface area contributed by atoms with Crippen molar-refractivity contribution in [3.63, 3.8) is 0 Å². The van der Waals surface area contributed by atoms with Crippen LogP contribution in [-0.2, 0) is 21.2 Å². The van der Waals surface area contributed by atoms with Crippen molar-refractivity contribution in [1.82, 2.24) is 4.72 Å². The highest BCUT2D eigenvalue weighted by Gasteiger charge is 2.19. The maximum absolute atomic E-state index is 12.6. The number of ether oxygens (including phenoxy) is 1. The van der Waals surface area contributed by atoms with Gasteiger partial charge in [-0.2, -0.15) is 0 Å². The molecule has 0 bridgehead atoms. The van der Waals surface area contributed by atoms with Gasteiger partial charge < -0.3 is 10.1 Å². The van der Waals surface area contributed by atoms with Crippen molar-refractivity contribution < 1.29 is 17.9 Å². The molecule has 2 N–H and O–H groups in total. The smallest absolute Gasteiger partial charge is 0.240 e. The van der Waals surface area contributed by atoms with Gasteiger partial charge in [0, 0.05) is 13.0 Å². The number of carbonyl (C=O) groups excluding carboxylic acids is 1. The number of methoxy groups -OCH3 is 1. The molecule has 26 heavy (non-hydrogen) atoms. The summed E-state index contributed by atoms with van der Waals surface area (Å²) in [7, 11) is -2.25. The van der Waals surface area contributed by atoms with Crippen LogP contribution >= 0.6 is 0 Å². The lowest BCUT2D eigenvalue weighted by Gasteiger charge is -2.16. The standard InChI is InChI=1S/C19H24N2O4S/c1-14(9-10-16-7-5-4-6-8-16)21-26(23,24)17-11-12-19(25-3)18(13-17)20-15(2)22/h4-8,11-14,21H,9-10H2,1-3H3,(H,20,22)/t14-/m0/s1. The molecule has 2 aromatic rings. The second-order valence-corrected chi connectivity index (χ2v) is 7.80. The third-order valence-electron chi connectivity index (χ3n) is 3.86. The molecule has 0 radical (unpaired) electrons. The molecule has 0 heterocycles. The summed E-state index contributed by atoms with van der Waals surface area (Å²) >= 11 is 0. The molecule has 0 unspecified atom stereocenters. The zero-order chi connectivity index (χ0) is 19.2. The lowest BCUT2D eigenvalue weighted by Crippen LogP contribution is -2.33. The van der Waals surface area contributed by atoms with Crippen molar-refractivity contribution >= 4 is 21.6 Å². The number of benzene rings is 2. The van der Waals surface area contributed by atoms with E-state index in [4.69, 9.17) is 4.74 Å². The fourth-order valence-corrected chi connectivity index (χ4v) is 3.87. The summed E-state index contributed by atoms with van der Waals surface area (Å²) in [6.45, 7) is 3.18. The highest BCUT2D eigenvalue weighted by molar-refractivity contribution is 7.89. The van der Waals surface area contributed by atoms with Crippen molar-refractivity contribution in [1.29, 1.82) is 0 Å². The van der Waals surface area contributed by atoms with Crippen molar-refractivity contribution in [3.05, 3.63) is 54.1 Å². The predicted octanol–water partition coefficient (Wildman–Crippen LogP) is 2.95. The van der Waals surface area contributed by atoms with E-state index in [-0.39, 0.29) is 16.8 Å². The monoisotopic (exact) mass is 376 g/mol. The van der Waals surface area contributed by atoms with Crippen LogP contribution in [0.15, 0.2) is 53.4 Å². The van der Waals surface area contributed by atoms with E-state index in [9.17, 15) is 13.2 Å². The van der Waals surface area contributed by atoms with Crippen molar-refractivity contribution in [2.45, 2.75) is 37.6 Å².